The first-order valence-corrected chi connectivity index (χ1v) is 7.00. The highest BCUT2D eigenvalue weighted by Gasteiger charge is 2.18. The van der Waals surface area contributed by atoms with E-state index < -0.39 is 11.7 Å². The molecule has 5 heteroatoms. The van der Waals surface area contributed by atoms with Crippen molar-refractivity contribution in [2.45, 2.75) is 26.8 Å². The minimum atomic E-state index is -0.544. The van der Waals surface area contributed by atoms with Gasteiger partial charge in [-0.05, 0) is 45.0 Å². The molecule has 1 N–H and O–H groups in total. The van der Waals surface area contributed by atoms with Crippen molar-refractivity contribution in [2.75, 3.05) is 0 Å². The molecule has 2 rings (SSSR count). The third kappa shape index (κ3) is 3.10. The van der Waals surface area contributed by atoms with E-state index in [-0.39, 0.29) is 11.6 Å². The summed E-state index contributed by atoms with van der Waals surface area (Å²) >= 11 is 3.23. The van der Waals surface area contributed by atoms with Gasteiger partial charge in [0, 0.05) is 10.0 Å². The van der Waals surface area contributed by atoms with Gasteiger partial charge in [0.1, 0.15) is 17.3 Å². The van der Waals surface area contributed by atoms with Crippen LogP contribution in [-0.2, 0) is 0 Å². The molecular formula is C15H15BrFNO2. The predicted molar refractivity (Wildman–Crippen MR) is 78.2 cm³/mol. The molecule has 0 bridgehead atoms. The molecule has 0 aliphatic rings. The molecule has 20 heavy (non-hydrogen) atoms. The maximum Gasteiger partial charge on any atom is 0.254 e. The number of rotatable bonds is 3. The van der Waals surface area contributed by atoms with Gasteiger partial charge in [-0.1, -0.05) is 15.9 Å². The topological polar surface area (TPSA) is 42.2 Å². The molecule has 106 valence electrons. The molecule has 1 heterocycles. The molecule has 0 fully saturated rings. The third-order valence-corrected chi connectivity index (χ3v) is 3.56. The molecule has 1 atom stereocenters. The van der Waals surface area contributed by atoms with Crippen LogP contribution in [0, 0.1) is 19.7 Å². The largest absolute Gasteiger partial charge is 0.466 e. The summed E-state index contributed by atoms with van der Waals surface area (Å²) in [4.78, 5) is 12.1. The van der Waals surface area contributed by atoms with Gasteiger partial charge >= 0.3 is 0 Å². The summed E-state index contributed by atoms with van der Waals surface area (Å²) in [6.07, 6.45) is 0. The third-order valence-electron chi connectivity index (χ3n) is 3.07. The number of benzene rings is 1. The SMILES string of the molecule is Cc1cc(C(C)NC(=O)c2cc(Br)ccc2F)c(C)o1. The van der Waals surface area contributed by atoms with Crippen LogP contribution in [0.15, 0.2) is 33.2 Å². The molecule has 0 saturated carbocycles. The summed E-state index contributed by atoms with van der Waals surface area (Å²) in [6, 6.07) is 5.90. The smallest absolute Gasteiger partial charge is 0.254 e. The minimum Gasteiger partial charge on any atom is -0.466 e. The van der Waals surface area contributed by atoms with Crippen molar-refractivity contribution in [3.63, 3.8) is 0 Å². The van der Waals surface area contributed by atoms with E-state index in [1.165, 1.54) is 12.1 Å². The van der Waals surface area contributed by atoms with E-state index >= 15 is 0 Å². The van der Waals surface area contributed by atoms with Crippen molar-refractivity contribution >= 4 is 21.8 Å². The van der Waals surface area contributed by atoms with Gasteiger partial charge in [0.2, 0.25) is 0 Å². The Morgan fingerprint density at radius 2 is 2.05 bits per heavy atom. The molecule has 1 unspecified atom stereocenters. The van der Waals surface area contributed by atoms with Crippen molar-refractivity contribution in [2.24, 2.45) is 0 Å². The quantitative estimate of drug-likeness (QED) is 0.906. The van der Waals surface area contributed by atoms with Gasteiger partial charge in [-0.25, -0.2) is 4.39 Å². The zero-order chi connectivity index (χ0) is 14.9. The first-order valence-electron chi connectivity index (χ1n) is 6.21. The zero-order valence-electron chi connectivity index (χ0n) is 11.5. The number of halogens is 2. The van der Waals surface area contributed by atoms with Crippen LogP contribution < -0.4 is 5.32 Å². The van der Waals surface area contributed by atoms with E-state index in [4.69, 9.17) is 4.42 Å². The van der Waals surface area contributed by atoms with E-state index in [1.54, 1.807) is 6.07 Å². The number of nitrogens with one attached hydrogen (secondary N) is 1. The summed E-state index contributed by atoms with van der Waals surface area (Å²) < 4.78 is 19.7. The Kier molecular flexibility index (Phi) is 4.28. The fraction of sp³-hybridized carbons (Fsp3) is 0.267. The highest BCUT2D eigenvalue weighted by molar-refractivity contribution is 9.10. The Balaban J connectivity index is 2.19. The van der Waals surface area contributed by atoms with Crippen molar-refractivity contribution in [1.29, 1.82) is 0 Å². The van der Waals surface area contributed by atoms with E-state index in [2.05, 4.69) is 21.2 Å². The zero-order valence-corrected chi connectivity index (χ0v) is 13.0. The van der Waals surface area contributed by atoms with Crippen LogP contribution in [0.1, 0.15) is 40.4 Å². The number of furan rings is 1. The summed E-state index contributed by atoms with van der Waals surface area (Å²) in [5.74, 6) is 0.546. The predicted octanol–water partition coefficient (Wildman–Crippen LogP) is 4.29. The van der Waals surface area contributed by atoms with Crippen molar-refractivity contribution in [3.8, 4) is 0 Å². The van der Waals surface area contributed by atoms with Crippen molar-refractivity contribution < 1.29 is 13.6 Å². The van der Waals surface area contributed by atoms with Crippen LogP contribution in [0.3, 0.4) is 0 Å². The highest BCUT2D eigenvalue weighted by atomic mass is 79.9. The lowest BCUT2D eigenvalue weighted by Gasteiger charge is -2.13. The lowest BCUT2D eigenvalue weighted by atomic mass is 10.1. The van der Waals surface area contributed by atoms with Gasteiger partial charge in [0.15, 0.2) is 0 Å². The molecule has 2 aromatic rings. The van der Waals surface area contributed by atoms with Crippen molar-refractivity contribution in [1.82, 2.24) is 5.32 Å². The molecule has 1 aromatic heterocycles. The standard InChI is InChI=1S/C15H15BrFNO2/c1-8-6-12(10(3)20-8)9(2)18-15(19)13-7-11(16)4-5-14(13)17/h4-7,9H,1-3H3,(H,18,19). The Hall–Kier alpha value is -1.62. The molecule has 1 amide bonds. The van der Waals surface area contributed by atoms with E-state index in [0.29, 0.717) is 4.47 Å². The monoisotopic (exact) mass is 339 g/mol. The van der Waals surface area contributed by atoms with Gasteiger partial charge in [0.05, 0.1) is 11.6 Å². The second kappa shape index (κ2) is 5.79. The number of carbonyl (C=O) groups excluding carboxylic acids is 1. The first-order chi connectivity index (χ1) is 9.38. The summed E-state index contributed by atoms with van der Waals surface area (Å²) in [7, 11) is 0. The Morgan fingerprint density at radius 1 is 1.35 bits per heavy atom. The highest BCUT2D eigenvalue weighted by Crippen LogP contribution is 2.22. The second-order valence-electron chi connectivity index (χ2n) is 4.69. The number of amides is 1. The molecular weight excluding hydrogens is 325 g/mol. The summed E-state index contributed by atoms with van der Waals surface area (Å²) in [5.41, 5.74) is 0.912. The van der Waals surface area contributed by atoms with Gasteiger partial charge < -0.3 is 9.73 Å². The Morgan fingerprint density at radius 3 is 2.65 bits per heavy atom. The summed E-state index contributed by atoms with van der Waals surface area (Å²) in [6.45, 7) is 5.52. The minimum absolute atomic E-state index is 0.0177. The normalized spacial score (nSPS) is 12.2. The maximum atomic E-state index is 13.7. The maximum absolute atomic E-state index is 13.7. The Bertz CT molecular complexity index is 651. The van der Waals surface area contributed by atoms with Gasteiger partial charge in [0.25, 0.3) is 5.91 Å². The fourth-order valence-electron chi connectivity index (χ4n) is 2.10. The molecule has 0 aliphatic heterocycles. The molecule has 3 nitrogen and oxygen atoms in total. The average Bonchev–Trinajstić information content (AvgIpc) is 2.71. The van der Waals surface area contributed by atoms with Gasteiger partial charge in [-0.3, -0.25) is 4.79 Å². The second-order valence-corrected chi connectivity index (χ2v) is 5.60. The van der Waals surface area contributed by atoms with E-state index in [1.807, 2.05) is 26.8 Å². The molecule has 0 saturated heterocycles. The molecule has 0 aliphatic carbocycles. The van der Waals surface area contributed by atoms with Gasteiger partial charge in [-0.2, -0.15) is 0 Å². The molecule has 0 spiro atoms. The molecule has 1 aromatic carbocycles. The Labute approximate surface area is 125 Å². The van der Waals surface area contributed by atoms with E-state index in [0.717, 1.165) is 17.1 Å². The molecule has 0 radical (unpaired) electrons. The first kappa shape index (κ1) is 14.8. The number of hydrogen-bond donors (Lipinski definition) is 1. The number of hydrogen-bond acceptors (Lipinski definition) is 2. The van der Waals surface area contributed by atoms with Crippen LogP contribution in [0.25, 0.3) is 0 Å². The van der Waals surface area contributed by atoms with Crippen LogP contribution in [0.2, 0.25) is 0 Å². The van der Waals surface area contributed by atoms with Crippen LogP contribution in [0.5, 0.6) is 0 Å². The van der Waals surface area contributed by atoms with Crippen LogP contribution in [0.4, 0.5) is 4.39 Å². The average molecular weight is 340 g/mol. The lowest BCUT2D eigenvalue weighted by molar-refractivity contribution is 0.0935. The number of aryl methyl sites for hydroxylation is 2. The van der Waals surface area contributed by atoms with Crippen LogP contribution in [-0.4, -0.2) is 5.91 Å². The van der Waals surface area contributed by atoms with E-state index in [9.17, 15) is 9.18 Å². The number of carbonyl (C=O) groups is 1. The fourth-order valence-corrected chi connectivity index (χ4v) is 2.47. The summed E-state index contributed by atoms with van der Waals surface area (Å²) in [5, 5.41) is 2.77. The van der Waals surface area contributed by atoms with Crippen molar-refractivity contribution in [3.05, 3.63) is 57.2 Å². The van der Waals surface area contributed by atoms with Crippen LogP contribution >= 0.6 is 15.9 Å². The van der Waals surface area contributed by atoms with Gasteiger partial charge in [-0.15, -0.1) is 0 Å². The lowest BCUT2D eigenvalue weighted by Crippen LogP contribution is -2.27.